The van der Waals surface area contributed by atoms with Gasteiger partial charge in [0.25, 0.3) is 5.91 Å². The molecule has 0 aromatic heterocycles. The summed E-state index contributed by atoms with van der Waals surface area (Å²) in [5.41, 5.74) is 0.674. The molecule has 0 bridgehead atoms. The van der Waals surface area contributed by atoms with Crippen LogP contribution in [-0.2, 0) is 19.1 Å². The van der Waals surface area contributed by atoms with Gasteiger partial charge in [-0.3, -0.25) is 19.3 Å². The first-order chi connectivity index (χ1) is 11.9. The van der Waals surface area contributed by atoms with Crippen molar-refractivity contribution in [2.45, 2.75) is 45.6 Å². The number of anilines is 1. The van der Waals surface area contributed by atoms with Gasteiger partial charge in [0.15, 0.2) is 6.61 Å². The lowest BCUT2D eigenvalue weighted by atomic mass is 10.2. The number of esters is 1. The highest BCUT2D eigenvalue weighted by atomic mass is 16.5. The minimum Gasteiger partial charge on any atom is -0.452 e. The zero-order chi connectivity index (χ0) is 18.4. The lowest BCUT2D eigenvalue weighted by molar-refractivity contribution is -0.125. The fourth-order valence-corrected chi connectivity index (χ4v) is 2.65. The van der Waals surface area contributed by atoms with Crippen LogP contribution in [0, 0.1) is 0 Å². The maximum Gasteiger partial charge on any atom is 0.338 e. The van der Waals surface area contributed by atoms with E-state index in [1.807, 2.05) is 13.8 Å². The van der Waals surface area contributed by atoms with Crippen LogP contribution >= 0.6 is 0 Å². The second kappa shape index (κ2) is 8.41. The van der Waals surface area contributed by atoms with E-state index < -0.39 is 5.97 Å². The number of rotatable bonds is 7. The first kappa shape index (κ1) is 18.6. The molecule has 0 spiro atoms. The van der Waals surface area contributed by atoms with Gasteiger partial charge in [-0.05, 0) is 37.6 Å². The van der Waals surface area contributed by atoms with Crippen LogP contribution < -0.4 is 10.2 Å². The first-order valence-electron chi connectivity index (χ1n) is 8.34. The largest absolute Gasteiger partial charge is 0.452 e. The molecular formula is C18H22N2O5. The molecule has 134 valence electrons. The lowest BCUT2D eigenvalue weighted by Gasteiger charge is -2.14. The number of amides is 3. The van der Waals surface area contributed by atoms with Gasteiger partial charge in [0.2, 0.25) is 11.8 Å². The van der Waals surface area contributed by atoms with Crippen molar-refractivity contribution in [3.8, 4) is 0 Å². The molecule has 3 amide bonds. The number of hydrogen-bond donors (Lipinski definition) is 1. The standard InChI is InChI=1S/C18H22N2O5/c1-3-4-12(2)19-15(21)11-25-18(24)13-5-7-14(8-6-13)20-16(22)9-10-17(20)23/h5-8,12H,3-4,9-11H2,1-2H3,(H,19,21)/t12-/m1/s1. The first-order valence-corrected chi connectivity index (χ1v) is 8.34. The molecule has 7 heteroatoms. The minimum absolute atomic E-state index is 0.0334. The summed E-state index contributed by atoms with van der Waals surface area (Å²) in [7, 11) is 0. The summed E-state index contributed by atoms with van der Waals surface area (Å²) in [5.74, 6) is -1.49. The van der Waals surface area contributed by atoms with E-state index in [4.69, 9.17) is 4.74 Å². The second-order valence-electron chi connectivity index (χ2n) is 6.00. The Kier molecular flexibility index (Phi) is 6.27. The monoisotopic (exact) mass is 346 g/mol. The van der Waals surface area contributed by atoms with E-state index in [1.54, 1.807) is 0 Å². The van der Waals surface area contributed by atoms with E-state index >= 15 is 0 Å². The normalized spacial score (nSPS) is 15.2. The van der Waals surface area contributed by atoms with Gasteiger partial charge in [-0.25, -0.2) is 4.79 Å². The average Bonchev–Trinajstić information content (AvgIpc) is 2.91. The Hall–Kier alpha value is -2.70. The molecule has 25 heavy (non-hydrogen) atoms. The zero-order valence-corrected chi connectivity index (χ0v) is 14.4. The fourth-order valence-electron chi connectivity index (χ4n) is 2.65. The molecule has 0 saturated carbocycles. The summed E-state index contributed by atoms with van der Waals surface area (Å²) >= 11 is 0. The van der Waals surface area contributed by atoms with Gasteiger partial charge in [0.05, 0.1) is 11.3 Å². The second-order valence-corrected chi connectivity index (χ2v) is 6.00. The third-order valence-electron chi connectivity index (χ3n) is 3.88. The molecule has 1 saturated heterocycles. The highest BCUT2D eigenvalue weighted by molar-refractivity contribution is 6.19. The van der Waals surface area contributed by atoms with Crippen molar-refractivity contribution < 1.29 is 23.9 Å². The predicted molar refractivity (Wildman–Crippen MR) is 91.0 cm³/mol. The third kappa shape index (κ3) is 4.89. The van der Waals surface area contributed by atoms with Crippen molar-refractivity contribution in [1.29, 1.82) is 0 Å². The van der Waals surface area contributed by atoms with E-state index in [0.29, 0.717) is 5.69 Å². The molecule has 1 aromatic rings. The van der Waals surface area contributed by atoms with Crippen LogP contribution in [0.5, 0.6) is 0 Å². The molecule has 1 heterocycles. The number of carbonyl (C=O) groups is 4. The van der Waals surface area contributed by atoms with Crippen LogP contribution in [0.4, 0.5) is 5.69 Å². The Morgan fingerprint density at radius 1 is 1.16 bits per heavy atom. The fraction of sp³-hybridized carbons (Fsp3) is 0.444. The lowest BCUT2D eigenvalue weighted by Crippen LogP contribution is -2.35. The van der Waals surface area contributed by atoms with E-state index in [0.717, 1.165) is 17.7 Å². The van der Waals surface area contributed by atoms with E-state index in [1.165, 1.54) is 24.3 Å². The highest BCUT2D eigenvalue weighted by Gasteiger charge is 2.30. The van der Waals surface area contributed by atoms with Gasteiger partial charge in [0.1, 0.15) is 0 Å². The summed E-state index contributed by atoms with van der Waals surface area (Å²) in [6, 6.07) is 6.00. The molecule has 0 aliphatic carbocycles. The Balaban J connectivity index is 1.89. The van der Waals surface area contributed by atoms with Crippen LogP contribution in [0.2, 0.25) is 0 Å². The third-order valence-corrected chi connectivity index (χ3v) is 3.88. The van der Waals surface area contributed by atoms with Gasteiger partial charge >= 0.3 is 5.97 Å². The van der Waals surface area contributed by atoms with Gasteiger partial charge < -0.3 is 10.1 Å². The Bertz CT molecular complexity index is 653. The van der Waals surface area contributed by atoms with Crippen LogP contribution in [0.15, 0.2) is 24.3 Å². The van der Waals surface area contributed by atoms with Gasteiger partial charge in [-0.1, -0.05) is 13.3 Å². The molecule has 1 aliphatic heterocycles. The van der Waals surface area contributed by atoms with Crippen LogP contribution in [0.25, 0.3) is 0 Å². The summed E-state index contributed by atoms with van der Waals surface area (Å²) in [5, 5.41) is 2.75. The number of benzene rings is 1. The number of carbonyl (C=O) groups excluding carboxylic acids is 4. The molecule has 2 rings (SSSR count). The molecule has 0 unspecified atom stereocenters. The van der Waals surface area contributed by atoms with E-state index in [2.05, 4.69) is 5.32 Å². The summed E-state index contributed by atoms with van der Waals surface area (Å²) in [6.45, 7) is 3.57. The molecule has 1 N–H and O–H groups in total. The van der Waals surface area contributed by atoms with Crippen LogP contribution in [0.3, 0.4) is 0 Å². The van der Waals surface area contributed by atoms with Crippen LogP contribution in [-0.4, -0.2) is 36.3 Å². The topological polar surface area (TPSA) is 92.8 Å². The number of imide groups is 1. The number of nitrogens with zero attached hydrogens (tertiary/aromatic N) is 1. The number of nitrogens with one attached hydrogen (secondary N) is 1. The molecular weight excluding hydrogens is 324 g/mol. The van der Waals surface area contributed by atoms with E-state index in [9.17, 15) is 19.2 Å². The smallest absolute Gasteiger partial charge is 0.338 e. The number of hydrogen-bond acceptors (Lipinski definition) is 5. The maximum absolute atomic E-state index is 12.0. The van der Waals surface area contributed by atoms with Gasteiger partial charge in [-0.2, -0.15) is 0 Å². The highest BCUT2D eigenvalue weighted by Crippen LogP contribution is 2.22. The summed E-state index contributed by atoms with van der Waals surface area (Å²) < 4.78 is 4.98. The Labute approximate surface area is 146 Å². The Morgan fingerprint density at radius 3 is 2.32 bits per heavy atom. The van der Waals surface area contributed by atoms with Crippen LogP contribution in [0.1, 0.15) is 49.9 Å². The predicted octanol–water partition coefficient (Wildman–Crippen LogP) is 1.80. The van der Waals surface area contributed by atoms with Crippen molar-refractivity contribution in [3.05, 3.63) is 29.8 Å². The van der Waals surface area contributed by atoms with E-state index in [-0.39, 0.29) is 48.8 Å². The van der Waals surface area contributed by atoms with Crippen molar-refractivity contribution in [3.63, 3.8) is 0 Å². The van der Waals surface area contributed by atoms with Crippen molar-refractivity contribution in [2.75, 3.05) is 11.5 Å². The van der Waals surface area contributed by atoms with Gasteiger partial charge in [-0.15, -0.1) is 0 Å². The minimum atomic E-state index is -0.635. The summed E-state index contributed by atoms with van der Waals surface area (Å²) in [6.07, 6.45) is 2.22. The maximum atomic E-state index is 12.0. The number of ether oxygens (including phenoxy) is 1. The van der Waals surface area contributed by atoms with Crippen molar-refractivity contribution in [1.82, 2.24) is 5.32 Å². The van der Waals surface area contributed by atoms with Crippen molar-refractivity contribution in [2.24, 2.45) is 0 Å². The molecule has 1 aliphatic rings. The molecule has 0 radical (unpaired) electrons. The Morgan fingerprint density at radius 2 is 1.76 bits per heavy atom. The molecule has 1 atom stereocenters. The molecule has 7 nitrogen and oxygen atoms in total. The quantitative estimate of drug-likeness (QED) is 0.600. The summed E-state index contributed by atoms with van der Waals surface area (Å²) in [4.78, 5) is 48.1. The zero-order valence-electron chi connectivity index (χ0n) is 14.4. The molecule has 1 aromatic carbocycles. The van der Waals surface area contributed by atoms with Gasteiger partial charge in [0, 0.05) is 18.9 Å². The average molecular weight is 346 g/mol. The molecule has 1 fully saturated rings. The van der Waals surface area contributed by atoms with Crippen molar-refractivity contribution >= 4 is 29.4 Å². The SMILES string of the molecule is CCC[C@@H](C)NC(=O)COC(=O)c1ccc(N2C(=O)CCC2=O)cc1.